The predicted molar refractivity (Wildman–Crippen MR) is 118 cm³/mol. The molecule has 3 aromatic rings. The Hall–Kier alpha value is -1.87. The Kier molecular flexibility index (Phi) is 5.13. The second kappa shape index (κ2) is 7.67. The summed E-state index contributed by atoms with van der Waals surface area (Å²) in [6.45, 7) is 6.57. The molecule has 2 saturated heterocycles. The molecule has 30 heavy (non-hydrogen) atoms. The molecule has 2 fully saturated rings. The van der Waals surface area contributed by atoms with E-state index in [1.807, 2.05) is 31.6 Å². The maximum atomic E-state index is 6.47. The zero-order valence-corrected chi connectivity index (χ0v) is 18.7. The highest BCUT2D eigenvalue weighted by atomic mass is 35.5. The fourth-order valence-electron chi connectivity index (χ4n) is 4.54. The number of hydrogen-bond acceptors (Lipinski definition) is 7. The molecular formula is C21H25ClN6OS. The summed E-state index contributed by atoms with van der Waals surface area (Å²) in [4.78, 5) is 17.9. The van der Waals surface area contributed by atoms with Gasteiger partial charge in [-0.05, 0) is 32.8 Å². The second-order valence-electron chi connectivity index (χ2n) is 8.25. The molecule has 158 valence electrons. The molecule has 2 N–H and O–H groups in total. The molecule has 0 aromatic carbocycles. The summed E-state index contributed by atoms with van der Waals surface area (Å²) >= 11 is 8.01. The van der Waals surface area contributed by atoms with Crippen LogP contribution in [0, 0.1) is 12.3 Å². The number of anilines is 1. The highest BCUT2D eigenvalue weighted by Crippen LogP contribution is 2.42. The van der Waals surface area contributed by atoms with Gasteiger partial charge in [-0.2, -0.15) is 0 Å². The van der Waals surface area contributed by atoms with Gasteiger partial charge in [0.15, 0.2) is 5.65 Å². The summed E-state index contributed by atoms with van der Waals surface area (Å²) in [5.41, 5.74) is 8.26. The normalized spacial score (nSPS) is 23.5. The fraction of sp³-hybridized carbons (Fsp3) is 0.476. The number of aryl methyl sites for hydroxylation is 1. The highest BCUT2D eigenvalue weighted by Gasteiger charge is 2.47. The first kappa shape index (κ1) is 20.1. The molecule has 7 nitrogen and oxygen atoms in total. The summed E-state index contributed by atoms with van der Waals surface area (Å²) in [6, 6.07) is 2.03. The van der Waals surface area contributed by atoms with Crippen molar-refractivity contribution in [1.29, 1.82) is 0 Å². The van der Waals surface area contributed by atoms with Gasteiger partial charge in [0.25, 0.3) is 0 Å². The molecule has 2 aliphatic heterocycles. The lowest BCUT2D eigenvalue weighted by Crippen LogP contribution is -2.51. The van der Waals surface area contributed by atoms with Crippen molar-refractivity contribution in [1.82, 2.24) is 19.4 Å². The van der Waals surface area contributed by atoms with Crippen LogP contribution in [0.1, 0.15) is 25.5 Å². The molecule has 0 radical (unpaired) electrons. The number of pyridine rings is 1. The first-order valence-corrected chi connectivity index (χ1v) is 11.4. The molecule has 1 unspecified atom stereocenters. The van der Waals surface area contributed by atoms with Crippen LogP contribution in [-0.2, 0) is 4.74 Å². The van der Waals surface area contributed by atoms with Crippen LogP contribution in [0.4, 0.5) is 5.95 Å². The number of ether oxygens (including phenoxy) is 1. The summed E-state index contributed by atoms with van der Waals surface area (Å²) < 4.78 is 7.92. The van der Waals surface area contributed by atoms with Crippen molar-refractivity contribution in [2.24, 2.45) is 11.1 Å². The minimum atomic E-state index is 0.0930. The molecule has 0 saturated carbocycles. The summed E-state index contributed by atoms with van der Waals surface area (Å²) in [7, 11) is 0. The van der Waals surface area contributed by atoms with E-state index in [4.69, 9.17) is 27.1 Å². The molecule has 5 heterocycles. The van der Waals surface area contributed by atoms with Gasteiger partial charge in [0, 0.05) is 54.2 Å². The third-order valence-corrected chi connectivity index (χ3v) is 8.17. The van der Waals surface area contributed by atoms with Crippen molar-refractivity contribution in [3.05, 3.63) is 41.6 Å². The molecular weight excluding hydrogens is 420 g/mol. The van der Waals surface area contributed by atoms with Crippen LogP contribution in [0.25, 0.3) is 5.65 Å². The first-order valence-electron chi connectivity index (χ1n) is 10.2. The quantitative estimate of drug-likeness (QED) is 0.661. The van der Waals surface area contributed by atoms with Crippen LogP contribution in [0.3, 0.4) is 0 Å². The third kappa shape index (κ3) is 3.26. The molecule has 0 bridgehead atoms. The second-order valence-corrected chi connectivity index (χ2v) is 9.71. The number of fused-ring (bicyclic) bond motifs is 1. The number of nitrogens with zero attached hydrogens (tertiary/aromatic N) is 5. The van der Waals surface area contributed by atoms with Gasteiger partial charge in [-0.1, -0.05) is 23.4 Å². The maximum absolute atomic E-state index is 6.47. The van der Waals surface area contributed by atoms with E-state index >= 15 is 0 Å². The van der Waals surface area contributed by atoms with Gasteiger partial charge in [-0.3, -0.25) is 9.38 Å². The summed E-state index contributed by atoms with van der Waals surface area (Å²) in [5, 5.41) is 0.668. The molecule has 0 amide bonds. The summed E-state index contributed by atoms with van der Waals surface area (Å²) in [5.74, 6) is 0.916. The van der Waals surface area contributed by atoms with E-state index in [2.05, 4.69) is 26.2 Å². The van der Waals surface area contributed by atoms with Crippen LogP contribution in [0.5, 0.6) is 0 Å². The number of nitrogens with two attached hydrogens (primary N) is 1. The number of hydrogen-bond donors (Lipinski definition) is 1. The number of piperidine rings is 1. The van der Waals surface area contributed by atoms with Crippen LogP contribution in [-0.4, -0.2) is 51.2 Å². The third-order valence-electron chi connectivity index (χ3n) is 6.51. The zero-order valence-electron chi connectivity index (χ0n) is 17.1. The van der Waals surface area contributed by atoms with Gasteiger partial charge >= 0.3 is 0 Å². The van der Waals surface area contributed by atoms with Crippen molar-refractivity contribution in [2.75, 3.05) is 24.6 Å². The van der Waals surface area contributed by atoms with Gasteiger partial charge < -0.3 is 15.4 Å². The molecule has 2 atom stereocenters. The molecule has 5 rings (SSSR count). The van der Waals surface area contributed by atoms with Gasteiger partial charge in [-0.25, -0.2) is 9.97 Å². The van der Waals surface area contributed by atoms with E-state index in [9.17, 15) is 0 Å². The SMILES string of the molecule is Cc1nccc(Sc2cnc(N3CCC4(CC3)CO[C@@H](C)C4N)n3ccnc23)c1Cl. The van der Waals surface area contributed by atoms with Crippen molar-refractivity contribution >= 4 is 35.0 Å². The Labute approximate surface area is 185 Å². The molecule has 2 aliphatic rings. The molecule has 0 aliphatic carbocycles. The molecule has 1 spiro atoms. The van der Waals surface area contributed by atoms with E-state index in [0.29, 0.717) is 5.02 Å². The largest absolute Gasteiger partial charge is 0.376 e. The van der Waals surface area contributed by atoms with E-state index in [1.165, 1.54) is 0 Å². The fourth-order valence-corrected chi connectivity index (χ4v) is 5.71. The number of aromatic nitrogens is 4. The minimum absolute atomic E-state index is 0.0930. The van der Waals surface area contributed by atoms with Gasteiger partial charge in [0.1, 0.15) is 0 Å². The first-order chi connectivity index (χ1) is 14.5. The average Bonchev–Trinajstić information content (AvgIpc) is 3.35. The lowest BCUT2D eigenvalue weighted by Gasteiger charge is -2.41. The van der Waals surface area contributed by atoms with E-state index < -0.39 is 0 Å². The highest BCUT2D eigenvalue weighted by molar-refractivity contribution is 7.99. The standard InChI is InChI=1S/C21H25ClN6OS/c1-13-17(22)15(3-6-24-13)30-16-11-26-20(28-10-7-25-19(16)28)27-8-4-21(5-9-27)12-29-14(2)18(21)23/h3,6-7,10-11,14,18H,4-5,8-9,12,23H2,1-2H3/t14-,18?/m0/s1. The lowest BCUT2D eigenvalue weighted by molar-refractivity contribution is 0.0973. The Morgan fingerprint density at radius 1 is 1.20 bits per heavy atom. The van der Waals surface area contributed by atoms with Crippen LogP contribution in [0.2, 0.25) is 5.02 Å². The predicted octanol–water partition coefficient (Wildman–Crippen LogP) is 3.57. The van der Waals surface area contributed by atoms with Crippen molar-refractivity contribution in [2.45, 2.75) is 48.6 Å². The zero-order chi connectivity index (χ0) is 20.9. The smallest absolute Gasteiger partial charge is 0.211 e. The number of halogens is 1. The number of imidazole rings is 1. The minimum Gasteiger partial charge on any atom is -0.376 e. The molecule has 3 aromatic heterocycles. The van der Waals surface area contributed by atoms with E-state index in [-0.39, 0.29) is 17.6 Å². The maximum Gasteiger partial charge on any atom is 0.211 e. The van der Waals surface area contributed by atoms with Gasteiger partial charge in [0.2, 0.25) is 5.95 Å². The van der Waals surface area contributed by atoms with Crippen LogP contribution >= 0.6 is 23.4 Å². The van der Waals surface area contributed by atoms with E-state index in [1.54, 1.807) is 18.0 Å². The Morgan fingerprint density at radius 2 is 2.00 bits per heavy atom. The Bertz CT molecular complexity index is 1080. The van der Waals surface area contributed by atoms with Crippen LogP contribution in [0.15, 0.2) is 40.6 Å². The van der Waals surface area contributed by atoms with Crippen LogP contribution < -0.4 is 10.6 Å². The molecule has 9 heteroatoms. The monoisotopic (exact) mass is 444 g/mol. The number of rotatable bonds is 3. The van der Waals surface area contributed by atoms with Crippen molar-refractivity contribution < 1.29 is 4.74 Å². The van der Waals surface area contributed by atoms with E-state index in [0.717, 1.165) is 59.6 Å². The van der Waals surface area contributed by atoms with Gasteiger partial charge in [-0.15, -0.1) is 0 Å². The lowest BCUT2D eigenvalue weighted by atomic mass is 9.73. The van der Waals surface area contributed by atoms with Crippen molar-refractivity contribution in [3.63, 3.8) is 0 Å². The van der Waals surface area contributed by atoms with Crippen molar-refractivity contribution in [3.8, 4) is 0 Å². The topological polar surface area (TPSA) is 81.6 Å². The summed E-state index contributed by atoms with van der Waals surface area (Å²) in [6.07, 6.45) is 9.62. The van der Waals surface area contributed by atoms with Gasteiger partial charge in [0.05, 0.1) is 28.3 Å². The Balaban J connectivity index is 1.40. The Morgan fingerprint density at radius 3 is 2.73 bits per heavy atom. The average molecular weight is 445 g/mol.